The van der Waals surface area contributed by atoms with Gasteiger partial charge in [0, 0.05) is 5.56 Å². The van der Waals surface area contributed by atoms with E-state index in [1.54, 1.807) is 24.3 Å². The standard InChI is InChI=1S/C16H15N3O2S/c1-12-7-9-14(10-8-12)22(20,21)19-16(17)15(11-18-19)13-5-3-2-4-6-13/h2-11H,17H2,1H3. The molecule has 1 aromatic heterocycles. The molecule has 1 heterocycles. The maximum absolute atomic E-state index is 12.6. The van der Waals surface area contributed by atoms with Gasteiger partial charge in [0.1, 0.15) is 5.82 Å². The van der Waals surface area contributed by atoms with E-state index in [1.807, 2.05) is 37.3 Å². The molecule has 2 N–H and O–H groups in total. The largest absolute Gasteiger partial charge is 0.382 e. The van der Waals surface area contributed by atoms with Crippen molar-refractivity contribution >= 4 is 15.8 Å². The highest BCUT2D eigenvalue weighted by atomic mass is 32.2. The van der Waals surface area contributed by atoms with Crippen LogP contribution in [0.4, 0.5) is 5.82 Å². The first-order chi connectivity index (χ1) is 10.5. The van der Waals surface area contributed by atoms with Gasteiger partial charge in [0.2, 0.25) is 0 Å². The van der Waals surface area contributed by atoms with Crippen LogP contribution in [0.15, 0.2) is 65.7 Å². The second-order valence-corrected chi connectivity index (χ2v) is 6.74. The van der Waals surface area contributed by atoms with Crippen LogP contribution in [0.1, 0.15) is 5.56 Å². The van der Waals surface area contributed by atoms with Crippen molar-refractivity contribution in [3.63, 3.8) is 0 Å². The lowest BCUT2D eigenvalue weighted by molar-refractivity contribution is 0.581. The summed E-state index contributed by atoms with van der Waals surface area (Å²) < 4.78 is 26.1. The van der Waals surface area contributed by atoms with Crippen LogP contribution in [-0.2, 0) is 10.0 Å². The second kappa shape index (κ2) is 5.31. The first-order valence-corrected chi connectivity index (χ1v) is 8.15. The zero-order valence-corrected chi connectivity index (χ0v) is 12.8. The summed E-state index contributed by atoms with van der Waals surface area (Å²) in [6.45, 7) is 1.90. The van der Waals surface area contributed by atoms with E-state index < -0.39 is 10.0 Å². The van der Waals surface area contributed by atoms with Crippen LogP contribution in [0.5, 0.6) is 0 Å². The summed E-state index contributed by atoms with van der Waals surface area (Å²) in [6, 6.07) is 15.9. The molecular weight excluding hydrogens is 298 g/mol. The highest BCUT2D eigenvalue weighted by Gasteiger charge is 2.22. The Labute approximate surface area is 129 Å². The van der Waals surface area contributed by atoms with Crippen LogP contribution < -0.4 is 5.73 Å². The van der Waals surface area contributed by atoms with Crippen molar-refractivity contribution < 1.29 is 8.42 Å². The number of rotatable bonds is 3. The monoisotopic (exact) mass is 313 g/mol. The van der Waals surface area contributed by atoms with Crippen LogP contribution in [0.2, 0.25) is 0 Å². The number of nitrogens with two attached hydrogens (primary N) is 1. The Balaban J connectivity index is 2.10. The van der Waals surface area contributed by atoms with Crippen LogP contribution in [0, 0.1) is 6.92 Å². The summed E-state index contributed by atoms with van der Waals surface area (Å²) in [7, 11) is -3.79. The van der Waals surface area contributed by atoms with Gasteiger partial charge in [-0.25, -0.2) is 0 Å². The molecule has 0 unspecified atom stereocenters. The van der Waals surface area contributed by atoms with Crippen LogP contribution >= 0.6 is 0 Å². The Hall–Kier alpha value is -2.60. The molecule has 22 heavy (non-hydrogen) atoms. The zero-order chi connectivity index (χ0) is 15.7. The number of hydrogen-bond donors (Lipinski definition) is 1. The fraction of sp³-hybridized carbons (Fsp3) is 0.0625. The normalized spacial score (nSPS) is 11.5. The molecule has 0 aliphatic rings. The van der Waals surface area contributed by atoms with E-state index in [4.69, 9.17) is 5.73 Å². The lowest BCUT2D eigenvalue weighted by Gasteiger charge is -2.07. The number of nitrogen functional groups attached to an aromatic ring is 1. The van der Waals surface area contributed by atoms with Gasteiger partial charge in [0.15, 0.2) is 0 Å². The van der Waals surface area contributed by atoms with Gasteiger partial charge in [0.05, 0.1) is 11.1 Å². The minimum absolute atomic E-state index is 0.103. The molecule has 0 bridgehead atoms. The van der Waals surface area contributed by atoms with E-state index in [9.17, 15) is 8.42 Å². The fourth-order valence-corrected chi connectivity index (χ4v) is 3.39. The Morgan fingerprint density at radius 1 is 1.00 bits per heavy atom. The SMILES string of the molecule is Cc1ccc(S(=O)(=O)n2ncc(-c3ccccc3)c2N)cc1. The van der Waals surface area contributed by atoms with Gasteiger partial charge in [0.25, 0.3) is 10.0 Å². The molecule has 0 fully saturated rings. The second-order valence-electron chi connectivity index (χ2n) is 4.97. The Morgan fingerprint density at radius 2 is 1.64 bits per heavy atom. The van der Waals surface area contributed by atoms with E-state index in [-0.39, 0.29) is 10.7 Å². The molecule has 0 amide bonds. The summed E-state index contributed by atoms with van der Waals surface area (Å²) in [5.74, 6) is 0.103. The van der Waals surface area contributed by atoms with Gasteiger partial charge in [-0.3, -0.25) is 0 Å². The van der Waals surface area contributed by atoms with E-state index in [0.29, 0.717) is 5.56 Å². The van der Waals surface area contributed by atoms with Crippen molar-refractivity contribution in [2.75, 3.05) is 5.73 Å². The third-order valence-corrected chi connectivity index (χ3v) is 5.02. The quantitative estimate of drug-likeness (QED) is 0.806. The van der Waals surface area contributed by atoms with Crippen LogP contribution in [0.3, 0.4) is 0 Å². The van der Waals surface area contributed by atoms with Gasteiger partial charge >= 0.3 is 0 Å². The summed E-state index contributed by atoms with van der Waals surface area (Å²) in [5, 5.41) is 3.97. The highest BCUT2D eigenvalue weighted by Crippen LogP contribution is 2.27. The number of hydrogen-bond acceptors (Lipinski definition) is 4. The molecule has 3 rings (SSSR count). The van der Waals surface area contributed by atoms with Crippen molar-refractivity contribution in [3.8, 4) is 11.1 Å². The van der Waals surface area contributed by atoms with Crippen LogP contribution in [-0.4, -0.2) is 17.6 Å². The molecular formula is C16H15N3O2S. The maximum atomic E-state index is 12.6. The van der Waals surface area contributed by atoms with Crippen molar-refractivity contribution in [1.82, 2.24) is 9.19 Å². The number of aromatic nitrogens is 2. The lowest BCUT2D eigenvalue weighted by atomic mass is 10.1. The summed E-state index contributed by atoms with van der Waals surface area (Å²) >= 11 is 0. The maximum Gasteiger partial charge on any atom is 0.284 e. The van der Waals surface area contributed by atoms with E-state index in [2.05, 4.69) is 5.10 Å². The molecule has 0 saturated carbocycles. The summed E-state index contributed by atoms with van der Waals surface area (Å²) in [5.41, 5.74) is 8.41. The Morgan fingerprint density at radius 3 is 2.27 bits per heavy atom. The number of benzene rings is 2. The van der Waals surface area contributed by atoms with Crippen molar-refractivity contribution in [1.29, 1.82) is 0 Å². The predicted octanol–water partition coefficient (Wildman–Crippen LogP) is 2.68. The molecule has 0 saturated heterocycles. The molecule has 0 radical (unpaired) electrons. The van der Waals surface area contributed by atoms with Crippen molar-refractivity contribution in [2.45, 2.75) is 11.8 Å². The topological polar surface area (TPSA) is 78.0 Å². The fourth-order valence-electron chi connectivity index (χ4n) is 2.18. The molecule has 0 aliphatic heterocycles. The Bertz CT molecular complexity index is 898. The smallest absolute Gasteiger partial charge is 0.284 e. The molecule has 3 aromatic rings. The molecule has 6 heteroatoms. The van der Waals surface area contributed by atoms with Gasteiger partial charge in [-0.05, 0) is 24.6 Å². The summed E-state index contributed by atoms with van der Waals surface area (Å²) in [4.78, 5) is 0.160. The minimum atomic E-state index is -3.79. The average molecular weight is 313 g/mol. The molecule has 5 nitrogen and oxygen atoms in total. The number of nitrogens with zero attached hydrogens (tertiary/aromatic N) is 2. The van der Waals surface area contributed by atoms with Gasteiger partial charge in [-0.15, -0.1) is 4.09 Å². The molecule has 0 atom stereocenters. The third-order valence-electron chi connectivity index (χ3n) is 3.41. The number of anilines is 1. The molecule has 0 aliphatic carbocycles. The molecule has 0 spiro atoms. The van der Waals surface area contributed by atoms with Gasteiger partial charge in [-0.1, -0.05) is 48.0 Å². The zero-order valence-electron chi connectivity index (χ0n) is 12.0. The Kier molecular flexibility index (Phi) is 3.46. The minimum Gasteiger partial charge on any atom is -0.382 e. The van der Waals surface area contributed by atoms with E-state index in [0.717, 1.165) is 15.2 Å². The highest BCUT2D eigenvalue weighted by molar-refractivity contribution is 7.90. The van der Waals surface area contributed by atoms with Gasteiger partial charge in [-0.2, -0.15) is 13.5 Å². The van der Waals surface area contributed by atoms with Crippen LogP contribution in [0.25, 0.3) is 11.1 Å². The average Bonchev–Trinajstić information content (AvgIpc) is 2.91. The van der Waals surface area contributed by atoms with Crippen molar-refractivity contribution in [3.05, 3.63) is 66.4 Å². The first-order valence-electron chi connectivity index (χ1n) is 6.71. The molecule has 112 valence electrons. The lowest BCUT2D eigenvalue weighted by Crippen LogP contribution is -2.16. The summed E-state index contributed by atoms with van der Waals surface area (Å²) in [6.07, 6.45) is 1.47. The van der Waals surface area contributed by atoms with Crippen molar-refractivity contribution in [2.24, 2.45) is 0 Å². The van der Waals surface area contributed by atoms with E-state index in [1.165, 1.54) is 6.20 Å². The molecule has 2 aromatic carbocycles. The number of aryl methyl sites for hydroxylation is 1. The first kappa shape index (κ1) is 14.3. The van der Waals surface area contributed by atoms with Gasteiger partial charge < -0.3 is 5.73 Å². The van der Waals surface area contributed by atoms with E-state index >= 15 is 0 Å². The third kappa shape index (κ3) is 2.37. The predicted molar refractivity (Wildman–Crippen MR) is 85.8 cm³/mol.